The minimum atomic E-state index is 0.158. The number of aromatic nitrogens is 1. The largest absolute Gasteiger partial charge is 0.475 e. The molecule has 2 rings (SSSR count). The van der Waals surface area contributed by atoms with Gasteiger partial charge in [0.25, 0.3) is 0 Å². The maximum atomic E-state index is 6.32. The monoisotopic (exact) mass is 360 g/mol. The number of rotatable bonds is 11. The number of benzene rings is 1. The Balaban J connectivity index is 2.03. The highest BCUT2D eigenvalue weighted by molar-refractivity contribution is 7.09. The van der Waals surface area contributed by atoms with E-state index >= 15 is 0 Å². The molecule has 0 aliphatic heterocycles. The summed E-state index contributed by atoms with van der Waals surface area (Å²) in [7, 11) is 0. The predicted molar refractivity (Wildman–Crippen MR) is 108 cm³/mol. The van der Waals surface area contributed by atoms with Crippen LogP contribution in [0.4, 0.5) is 0 Å². The first-order valence-corrected chi connectivity index (χ1v) is 10.5. The van der Waals surface area contributed by atoms with E-state index in [9.17, 15) is 0 Å². The summed E-state index contributed by atoms with van der Waals surface area (Å²) in [6.45, 7) is 11.0. The summed E-state index contributed by atoms with van der Waals surface area (Å²) in [5, 5.41) is 3.21. The van der Waals surface area contributed by atoms with E-state index < -0.39 is 0 Å². The molecule has 0 fully saturated rings. The molecule has 0 bridgehead atoms. The third-order valence-electron chi connectivity index (χ3n) is 4.40. The second-order valence-corrected chi connectivity index (χ2v) is 7.56. The Hall–Kier alpha value is -1.39. The molecule has 25 heavy (non-hydrogen) atoms. The van der Waals surface area contributed by atoms with Crippen LogP contribution in [0.5, 0.6) is 5.75 Å². The molecule has 0 radical (unpaired) electrons. The molecule has 0 saturated heterocycles. The van der Waals surface area contributed by atoms with Crippen molar-refractivity contribution in [1.29, 1.82) is 0 Å². The van der Waals surface area contributed by atoms with Crippen LogP contribution < -0.4 is 4.74 Å². The highest BCUT2D eigenvalue weighted by atomic mass is 32.1. The van der Waals surface area contributed by atoms with Gasteiger partial charge in [0.1, 0.15) is 5.75 Å². The summed E-state index contributed by atoms with van der Waals surface area (Å²) in [5.41, 5.74) is 2.20. The number of aryl methyl sites for hydroxylation is 1. The first kappa shape index (κ1) is 19.9. The molecule has 138 valence electrons. The van der Waals surface area contributed by atoms with Crippen LogP contribution >= 0.6 is 11.3 Å². The fraction of sp³-hybridized carbons (Fsp3) is 0.571. The number of thiazole rings is 1. The molecule has 0 amide bonds. The van der Waals surface area contributed by atoms with Crippen LogP contribution in [0.25, 0.3) is 11.3 Å². The van der Waals surface area contributed by atoms with E-state index in [-0.39, 0.29) is 6.23 Å². The molecule has 1 unspecified atom stereocenters. The van der Waals surface area contributed by atoms with Crippen LogP contribution in [0.3, 0.4) is 0 Å². The molecule has 1 aromatic heterocycles. The Morgan fingerprint density at radius 1 is 1.04 bits per heavy atom. The van der Waals surface area contributed by atoms with Gasteiger partial charge in [-0.05, 0) is 50.5 Å². The Morgan fingerprint density at radius 3 is 2.16 bits per heavy atom. The number of hydrogen-bond donors (Lipinski definition) is 0. The smallest absolute Gasteiger partial charge is 0.152 e. The number of unbranched alkanes of at least 4 members (excludes halogenated alkanes) is 2. The Bertz CT molecular complexity index is 601. The van der Waals surface area contributed by atoms with Crippen LogP contribution in [0.1, 0.15) is 57.9 Å². The van der Waals surface area contributed by atoms with Gasteiger partial charge in [-0.25, -0.2) is 4.98 Å². The SMILES string of the molecule is CCCCN(CCCC)C(CC)Oc1ccc(-c2csc(C)n2)cc1. The van der Waals surface area contributed by atoms with Gasteiger partial charge in [-0.2, -0.15) is 0 Å². The topological polar surface area (TPSA) is 25.4 Å². The summed E-state index contributed by atoms with van der Waals surface area (Å²) in [5.74, 6) is 0.945. The first-order chi connectivity index (χ1) is 12.2. The molecule has 4 heteroatoms. The zero-order chi connectivity index (χ0) is 18.1. The van der Waals surface area contributed by atoms with E-state index in [0.29, 0.717) is 0 Å². The van der Waals surface area contributed by atoms with Gasteiger partial charge >= 0.3 is 0 Å². The third-order valence-corrected chi connectivity index (χ3v) is 5.17. The molecule has 2 aromatic rings. The van der Waals surface area contributed by atoms with Gasteiger partial charge in [0.2, 0.25) is 0 Å². The summed E-state index contributed by atoms with van der Waals surface area (Å²) in [6.07, 6.45) is 6.06. The van der Waals surface area contributed by atoms with Crippen molar-refractivity contribution < 1.29 is 4.74 Å². The van der Waals surface area contributed by atoms with Crippen LogP contribution in [-0.4, -0.2) is 29.2 Å². The van der Waals surface area contributed by atoms with E-state index in [1.807, 2.05) is 6.92 Å². The van der Waals surface area contributed by atoms with Gasteiger partial charge in [-0.15, -0.1) is 11.3 Å². The zero-order valence-corrected chi connectivity index (χ0v) is 16.9. The number of ether oxygens (including phenoxy) is 1. The molecular formula is C21H32N2OS. The third kappa shape index (κ3) is 6.12. The minimum Gasteiger partial charge on any atom is -0.475 e. The molecule has 0 spiro atoms. The molecule has 1 aromatic carbocycles. The summed E-state index contributed by atoms with van der Waals surface area (Å²) in [6, 6.07) is 8.37. The van der Waals surface area contributed by atoms with Crippen molar-refractivity contribution in [3.8, 4) is 17.0 Å². The van der Waals surface area contributed by atoms with Crippen molar-refractivity contribution >= 4 is 11.3 Å². The molecule has 1 atom stereocenters. The average molecular weight is 361 g/mol. The Kier molecular flexibility index (Phi) is 8.42. The lowest BCUT2D eigenvalue weighted by atomic mass is 10.2. The van der Waals surface area contributed by atoms with E-state index in [4.69, 9.17) is 4.74 Å². The zero-order valence-electron chi connectivity index (χ0n) is 16.1. The Morgan fingerprint density at radius 2 is 1.68 bits per heavy atom. The standard InChI is InChI=1S/C21H32N2OS/c1-5-8-14-23(15-9-6-2)21(7-3)24-19-12-10-18(11-13-19)20-16-25-17(4)22-20/h10-13,16,21H,5-9,14-15H2,1-4H3. The fourth-order valence-electron chi connectivity index (χ4n) is 2.90. The van der Waals surface area contributed by atoms with Crippen LogP contribution in [0, 0.1) is 6.92 Å². The van der Waals surface area contributed by atoms with E-state index in [2.05, 4.69) is 60.3 Å². The molecule has 0 N–H and O–H groups in total. The average Bonchev–Trinajstić information content (AvgIpc) is 3.07. The normalized spacial score (nSPS) is 12.5. The van der Waals surface area contributed by atoms with Crippen LogP contribution in [-0.2, 0) is 0 Å². The number of hydrogen-bond acceptors (Lipinski definition) is 4. The van der Waals surface area contributed by atoms with Crippen LogP contribution in [0.2, 0.25) is 0 Å². The van der Waals surface area contributed by atoms with Crippen molar-refractivity contribution in [3.63, 3.8) is 0 Å². The van der Waals surface area contributed by atoms with Crippen molar-refractivity contribution in [2.75, 3.05) is 13.1 Å². The maximum absolute atomic E-state index is 6.32. The summed E-state index contributed by atoms with van der Waals surface area (Å²) < 4.78 is 6.32. The van der Waals surface area contributed by atoms with Crippen molar-refractivity contribution in [2.24, 2.45) is 0 Å². The fourth-order valence-corrected chi connectivity index (χ4v) is 3.52. The summed E-state index contributed by atoms with van der Waals surface area (Å²) >= 11 is 1.69. The van der Waals surface area contributed by atoms with Gasteiger partial charge < -0.3 is 4.74 Å². The van der Waals surface area contributed by atoms with E-state index in [1.54, 1.807) is 11.3 Å². The molecule has 0 aliphatic rings. The number of nitrogens with zero attached hydrogens (tertiary/aromatic N) is 2. The van der Waals surface area contributed by atoms with Gasteiger partial charge in [0, 0.05) is 24.0 Å². The lowest BCUT2D eigenvalue weighted by Gasteiger charge is -2.31. The van der Waals surface area contributed by atoms with Gasteiger partial charge in [0.05, 0.1) is 10.7 Å². The van der Waals surface area contributed by atoms with Crippen LogP contribution in [0.15, 0.2) is 29.6 Å². The molecule has 1 heterocycles. The maximum Gasteiger partial charge on any atom is 0.152 e. The molecule has 0 aliphatic carbocycles. The van der Waals surface area contributed by atoms with E-state index in [1.165, 1.54) is 25.7 Å². The van der Waals surface area contributed by atoms with Gasteiger partial charge in [0.15, 0.2) is 6.23 Å². The van der Waals surface area contributed by atoms with E-state index in [0.717, 1.165) is 41.5 Å². The second-order valence-electron chi connectivity index (χ2n) is 6.50. The second kappa shape index (κ2) is 10.6. The molecule has 3 nitrogen and oxygen atoms in total. The van der Waals surface area contributed by atoms with Crippen molar-refractivity contribution in [3.05, 3.63) is 34.7 Å². The van der Waals surface area contributed by atoms with Crippen molar-refractivity contribution in [2.45, 2.75) is 66.0 Å². The van der Waals surface area contributed by atoms with Gasteiger partial charge in [-0.1, -0.05) is 33.6 Å². The molecule has 0 saturated carbocycles. The highest BCUT2D eigenvalue weighted by Gasteiger charge is 2.17. The lowest BCUT2D eigenvalue weighted by molar-refractivity contribution is 0.0202. The molecular weight excluding hydrogens is 328 g/mol. The predicted octanol–water partition coefficient (Wildman–Crippen LogP) is 6.14. The van der Waals surface area contributed by atoms with Crippen molar-refractivity contribution in [1.82, 2.24) is 9.88 Å². The van der Waals surface area contributed by atoms with Gasteiger partial charge in [-0.3, -0.25) is 4.90 Å². The highest BCUT2D eigenvalue weighted by Crippen LogP contribution is 2.25. The quantitative estimate of drug-likeness (QED) is 0.450. The Labute approximate surface area is 157 Å². The first-order valence-electron chi connectivity index (χ1n) is 9.61. The summed E-state index contributed by atoms with van der Waals surface area (Å²) in [4.78, 5) is 7.06. The lowest BCUT2D eigenvalue weighted by Crippen LogP contribution is -2.40. The minimum absolute atomic E-state index is 0.158.